The molecular formula is C27H33N9O. The number of aryl methyl sites for hydroxylation is 3. The van der Waals surface area contributed by atoms with Gasteiger partial charge in [0.1, 0.15) is 5.82 Å². The summed E-state index contributed by atoms with van der Waals surface area (Å²) in [4.78, 5) is 27.8. The van der Waals surface area contributed by atoms with E-state index in [1.807, 2.05) is 30.0 Å². The van der Waals surface area contributed by atoms with Crippen molar-refractivity contribution >= 4 is 11.5 Å². The fourth-order valence-corrected chi connectivity index (χ4v) is 5.40. The highest BCUT2D eigenvalue weighted by Gasteiger charge is 2.26. The number of nitrogens with zero attached hydrogens (tertiary/aromatic N) is 9. The lowest BCUT2D eigenvalue weighted by atomic mass is 9.96. The van der Waals surface area contributed by atoms with Crippen LogP contribution >= 0.6 is 0 Å². The zero-order chi connectivity index (χ0) is 25.4. The summed E-state index contributed by atoms with van der Waals surface area (Å²) >= 11 is 0. The molecule has 4 aromatic rings. The molecule has 6 heterocycles. The van der Waals surface area contributed by atoms with Gasteiger partial charge in [-0.05, 0) is 57.2 Å². The van der Waals surface area contributed by atoms with Gasteiger partial charge in [-0.2, -0.15) is 10.1 Å². The molecule has 0 amide bonds. The average molecular weight is 500 g/mol. The molecule has 10 heteroatoms. The Hall–Kier alpha value is -3.50. The van der Waals surface area contributed by atoms with E-state index in [1.165, 1.54) is 5.56 Å². The minimum Gasteiger partial charge on any atom is -0.379 e. The zero-order valence-corrected chi connectivity index (χ0v) is 21.8. The Morgan fingerprint density at radius 2 is 1.76 bits per heavy atom. The molecule has 37 heavy (non-hydrogen) atoms. The van der Waals surface area contributed by atoms with Crippen LogP contribution in [0.25, 0.3) is 17.2 Å². The van der Waals surface area contributed by atoms with Crippen molar-refractivity contribution in [2.75, 3.05) is 44.3 Å². The molecule has 2 aliphatic heterocycles. The maximum absolute atomic E-state index is 5.43. The topological polar surface area (TPSA) is 97.5 Å². The van der Waals surface area contributed by atoms with Gasteiger partial charge in [0.2, 0.25) is 0 Å². The number of hydrogen-bond donors (Lipinski definition) is 0. The normalized spacial score (nSPS) is 18.7. The van der Waals surface area contributed by atoms with Crippen LogP contribution in [0.3, 0.4) is 0 Å². The van der Waals surface area contributed by atoms with E-state index < -0.39 is 0 Å². The number of rotatable bonds is 6. The third-order valence-electron chi connectivity index (χ3n) is 7.51. The maximum atomic E-state index is 5.43. The van der Waals surface area contributed by atoms with Gasteiger partial charge in [0.15, 0.2) is 5.82 Å². The van der Waals surface area contributed by atoms with Gasteiger partial charge in [-0.25, -0.2) is 19.5 Å². The molecule has 0 spiro atoms. The van der Waals surface area contributed by atoms with Gasteiger partial charge in [-0.3, -0.25) is 9.88 Å². The van der Waals surface area contributed by atoms with Crippen molar-refractivity contribution < 1.29 is 4.74 Å². The monoisotopic (exact) mass is 499 g/mol. The van der Waals surface area contributed by atoms with Gasteiger partial charge in [0.05, 0.1) is 37.0 Å². The van der Waals surface area contributed by atoms with Crippen LogP contribution in [0.15, 0.2) is 30.7 Å². The molecule has 2 saturated heterocycles. The number of aromatic nitrogens is 7. The molecule has 4 aromatic heterocycles. The molecule has 6 rings (SSSR count). The summed E-state index contributed by atoms with van der Waals surface area (Å²) in [7, 11) is 0. The van der Waals surface area contributed by atoms with E-state index in [4.69, 9.17) is 9.72 Å². The Morgan fingerprint density at radius 1 is 0.946 bits per heavy atom. The third-order valence-corrected chi connectivity index (χ3v) is 7.51. The van der Waals surface area contributed by atoms with Crippen molar-refractivity contribution in [2.45, 2.75) is 40.2 Å². The molecule has 0 radical (unpaired) electrons. The molecule has 10 nitrogen and oxygen atoms in total. The van der Waals surface area contributed by atoms with Crippen molar-refractivity contribution in [3.05, 3.63) is 59.2 Å². The first-order valence-corrected chi connectivity index (χ1v) is 13.1. The zero-order valence-electron chi connectivity index (χ0n) is 21.8. The molecule has 0 unspecified atom stereocenters. The predicted molar refractivity (Wildman–Crippen MR) is 140 cm³/mol. The van der Waals surface area contributed by atoms with Gasteiger partial charge >= 0.3 is 0 Å². The number of fused-ring (bicyclic) bond motifs is 1. The standard InChI is InChI=1S/C27H33N9O/c1-18-25(19(2)36-27(31-18)32-20(3)33-36)12-21-6-7-35(16-21)24-14-29-26(30-15-24)22-4-5-23(28-13-22)17-34-8-10-37-11-9-34/h4-5,13-15,21H,6-12,16-17H2,1-3H3/t21-/m0/s1. The second-order valence-corrected chi connectivity index (χ2v) is 10.1. The van der Waals surface area contributed by atoms with Crippen LogP contribution in [0.1, 0.15) is 34.9 Å². The molecule has 0 aromatic carbocycles. The van der Waals surface area contributed by atoms with Gasteiger partial charge in [-0.15, -0.1) is 0 Å². The van der Waals surface area contributed by atoms with Crippen LogP contribution in [-0.2, 0) is 17.7 Å². The van der Waals surface area contributed by atoms with Gasteiger partial charge < -0.3 is 9.64 Å². The van der Waals surface area contributed by atoms with Crippen LogP contribution in [0, 0.1) is 26.7 Å². The molecule has 2 fully saturated rings. The first kappa shape index (κ1) is 23.9. The summed E-state index contributed by atoms with van der Waals surface area (Å²) in [5, 5.41) is 4.52. The summed E-state index contributed by atoms with van der Waals surface area (Å²) in [5.74, 6) is 2.69. The van der Waals surface area contributed by atoms with E-state index >= 15 is 0 Å². The highest BCUT2D eigenvalue weighted by atomic mass is 16.5. The van der Waals surface area contributed by atoms with Gasteiger partial charge in [0, 0.05) is 55.9 Å². The first-order valence-electron chi connectivity index (χ1n) is 13.1. The average Bonchev–Trinajstić information content (AvgIpc) is 3.54. The lowest BCUT2D eigenvalue weighted by Gasteiger charge is -2.26. The van der Waals surface area contributed by atoms with Crippen LogP contribution in [0.2, 0.25) is 0 Å². The maximum Gasteiger partial charge on any atom is 0.252 e. The molecule has 2 aliphatic rings. The summed E-state index contributed by atoms with van der Waals surface area (Å²) in [6.07, 6.45) is 7.87. The van der Waals surface area contributed by atoms with Crippen LogP contribution in [0.5, 0.6) is 0 Å². The van der Waals surface area contributed by atoms with Crippen LogP contribution < -0.4 is 4.90 Å². The number of hydrogen-bond acceptors (Lipinski definition) is 9. The van der Waals surface area contributed by atoms with Crippen LogP contribution in [-0.4, -0.2) is 78.8 Å². The summed E-state index contributed by atoms with van der Waals surface area (Å²) < 4.78 is 7.30. The van der Waals surface area contributed by atoms with Gasteiger partial charge in [-0.1, -0.05) is 0 Å². The summed E-state index contributed by atoms with van der Waals surface area (Å²) in [6, 6.07) is 4.14. The van der Waals surface area contributed by atoms with Crippen molar-refractivity contribution in [3.8, 4) is 11.4 Å². The quantitative estimate of drug-likeness (QED) is 0.397. The van der Waals surface area contributed by atoms with E-state index in [1.54, 1.807) is 0 Å². The molecule has 0 bridgehead atoms. The Balaban J connectivity index is 1.09. The van der Waals surface area contributed by atoms with Crippen LogP contribution in [0.4, 0.5) is 5.69 Å². The van der Waals surface area contributed by atoms with Crippen molar-refractivity contribution in [3.63, 3.8) is 0 Å². The number of ether oxygens (including phenoxy) is 1. The second-order valence-electron chi connectivity index (χ2n) is 10.1. The van der Waals surface area contributed by atoms with E-state index in [2.05, 4.69) is 60.8 Å². The van der Waals surface area contributed by atoms with E-state index in [0.717, 1.165) is 92.9 Å². The number of morpholine rings is 1. The Kier molecular flexibility index (Phi) is 6.52. The smallest absolute Gasteiger partial charge is 0.252 e. The molecule has 0 N–H and O–H groups in total. The minimum absolute atomic E-state index is 0.546. The Morgan fingerprint density at radius 3 is 2.51 bits per heavy atom. The fraction of sp³-hybridized carbons (Fsp3) is 0.481. The predicted octanol–water partition coefficient (Wildman–Crippen LogP) is 2.80. The van der Waals surface area contributed by atoms with Crippen molar-refractivity contribution in [2.24, 2.45) is 5.92 Å². The lowest BCUT2D eigenvalue weighted by molar-refractivity contribution is 0.0336. The largest absolute Gasteiger partial charge is 0.379 e. The highest BCUT2D eigenvalue weighted by molar-refractivity contribution is 5.55. The molecule has 1 atom stereocenters. The summed E-state index contributed by atoms with van der Waals surface area (Å²) in [5.41, 5.74) is 6.53. The first-order chi connectivity index (χ1) is 18.0. The van der Waals surface area contributed by atoms with Crippen molar-refractivity contribution in [1.82, 2.24) is 39.4 Å². The number of pyridine rings is 1. The van der Waals surface area contributed by atoms with E-state index in [-0.39, 0.29) is 0 Å². The molecule has 0 saturated carbocycles. The number of anilines is 1. The van der Waals surface area contributed by atoms with Gasteiger partial charge in [0.25, 0.3) is 5.78 Å². The Bertz CT molecular complexity index is 1380. The van der Waals surface area contributed by atoms with E-state index in [0.29, 0.717) is 17.5 Å². The molecular weight excluding hydrogens is 466 g/mol. The molecule has 192 valence electrons. The molecule has 0 aliphatic carbocycles. The van der Waals surface area contributed by atoms with E-state index in [9.17, 15) is 0 Å². The SMILES string of the molecule is Cc1nc2nc(C)c(C[C@@H]3CCN(c4cnc(-c5ccc(CN6CCOCC6)nc5)nc4)C3)c(C)n2n1. The Labute approximate surface area is 216 Å². The minimum atomic E-state index is 0.546. The summed E-state index contributed by atoms with van der Waals surface area (Å²) in [6.45, 7) is 12.4. The lowest BCUT2D eigenvalue weighted by Crippen LogP contribution is -2.35. The third kappa shape index (κ3) is 5.03. The van der Waals surface area contributed by atoms with Crippen molar-refractivity contribution in [1.29, 1.82) is 0 Å². The second kappa shape index (κ2) is 10.1. The fourth-order valence-electron chi connectivity index (χ4n) is 5.40. The highest BCUT2D eigenvalue weighted by Crippen LogP contribution is 2.28.